The van der Waals surface area contributed by atoms with Gasteiger partial charge in [0.1, 0.15) is 12.2 Å². The SMILES string of the molecule is CCCCCC(CC)NCc1nc(-c2ccc3ncnn3c2)c(-c2cccc(C)n2)[nH]1.[HH].[HH]. The lowest BCUT2D eigenvalue weighted by molar-refractivity contribution is 0.442. The van der Waals surface area contributed by atoms with Crippen LogP contribution in [0.3, 0.4) is 0 Å². The molecule has 4 aromatic heterocycles. The van der Waals surface area contributed by atoms with Crippen molar-refractivity contribution in [2.45, 2.75) is 65.5 Å². The third-order valence-electron chi connectivity index (χ3n) is 5.65. The van der Waals surface area contributed by atoms with Gasteiger partial charge >= 0.3 is 0 Å². The number of unbranched alkanes of at least 4 members (excludes halogenated alkanes) is 2. The van der Waals surface area contributed by atoms with Crippen molar-refractivity contribution in [3.05, 3.63) is 54.4 Å². The Balaban J connectivity index is 0.00000193. The molecule has 0 amide bonds. The molecule has 4 rings (SSSR count). The van der Waals surface area contributed by atoms with Crippen molar-refractivity contribution in [2.24, 2.45) is 0 Å². The van der Waals surface area contributed by atoms with Gasteiger partial charge in [-0.25, -0.2) is 14.5 Å². The minimum absolute atomic E-state index is 0. The van der Waals surface area contributed by atoms with Crippen LogP contribution in [-0.4, -0.2) is 35.6 Å². The average Bonchev–Trinajstić information content (AvgIpc) is 3.42. The molecule has 0 aliphatic carbocycles. The number of nitrogens with one attached hydrogen (secondary N) is 2. The molecule has 0 aromatic carbocycles. The van der Waals surface area contributed by atoms with Gasteiger partial charge in [0.05, 0.1) is 23.6 Å². The Morgan fingerprint density at radius 2 is 2.03 bits per heavy atom. The van der Waals surface area contributed by atoms with Crippen LogP contribution < -0.4 is 5.32 Å². The molecule has 0 spiro atoms. The Morgan fingerprint density at radius 1 is 1.13 bits per heavy atom. The first kappa shape index (κ1) is 21.2. The van der Waals surface area contributed by atoms with Crippen molar-refractivity contribution in [2.75, 3.05) is 0 Å². The maximum atomic E-state index is 4.96. The van der Waals surface area contributed by atoms with Crippen LogP contribution in [0.2, 0.25) is 0 Å². The fourth-order valence-electron chi connectivity index (χ4n) is 3.87. The predicted molar refractivity (Wildman–Crippen MR) is 128 cm³/mol. The molecule has 1 atom stereocenters. The zero-order valence-corrected chi connectivity index (χ0v) is 18.6. The van der Waals surface area contributed by atoms with Crippen LogP contribution in [0.5, 0.6) is 0 Å². The molecular formula is C24H35N7. The number of imidazole rings is 1. The van der Waals surface area contributed by atoms with Gasteiger partial charge in [-0.2, -0.15) is 5.10 Å². The van der Waals surface area contributed by atoms with Gasteiger partial charge in [0.2, 0.25) is 0 Å². The highest BCUT2D eigenvalue weighted by atomic mass is 15.3. The maximum absolute atomic E-state index is 4.96. The van der Waals surface area contributed by atoms with E-state index in [9.17, 15) is 0 Å². The quantitative estimate of drug-likeness (QED) is 0.334. The average molecular weight is 422 g/mol. The van der Waals surface area contributed by atoms with Gasteiger partial charge < -0.3 is 10.3 Å². The van der Waals surface area contributed by atoms with Gasteiger partial charge in [-0.3, -0.25) is 4.98 Å². The number of aromatic nitrogens is 6. The van der Waals surface area contributed by atoms with Gasteiger partial charge in [-0.1, -0.05) is 39.2 Å². The molecule has 31 heavy (non-hydrogen) atoms. The number of pyridine rings is 2. The Bertz CT molecular complexity index is 1140. The van der Waals surface area contributed by atoms with E-state index >= 15 is 0 Å². The summed E-state index contributed by atoms with van der Waals surface area (Å²) in [5, 5.41) is 7.96. The van der Waals surface area contributed by atoms with E-state index in [-0.39, 0.29) is 2.85 Å². The fraction of sp³-hybridized carbons (Fsp3) is 0.417. The zero-order valence-electron chi connectivity index (χ0n) is 18.6. The van der Waals surface area contributed by atoms with Gasteiger partial charge in [0, 0.05) is 26.3 Å². The molecule has 7 nitrogen and oxygen atoms in total. The predicted octanol–water partition coefficient (Wildman–Crippen LogP) is 5.43. The number of H-pyrrole nitrogens is 1. The maximum Gasteiger partial charge on any atom is 0.155 e. The highest BCUT2D eigenvalue weighted by molar-refractivity contribution is 5.77. The highest BCUT2D eigenvalue weighted by Gasteiger charge is 2.17. The van der Waals surface area contributed by atoms with Gasteiger partial charge in [0.15, 0.2) is 5.65 Å². The van der Waals surface area contributed by atoms with Crippen molar-refractivity contribution in [3.63, 3.8) is 0 Å². The van der Waals surface area contributed by atoms with Gasteiger partial charge in [0.25, 0.3) is 0 Å². The van der Waals surface area contributed by atoms with E-state index in [1.807, 2.05) is 43.5 Å². The largest absolute Gasteiger partial charge is 0.339 e. The summed E-state index contributed by atoms with van der Waals surface area (Å²) < 4.78 is 1.77. The normalized spacial score (nSPS) is 12.5. The van der Waals surface area contributed by atoms with Crippen molar-refractivity contribution < 1.29 is 2.85 Å². The number of nitrogens with zero attached hydrogens (tertiary/aromatic N) is 5. The molecule has 4 heterocycles. The van der Waals surface area contributed by atoms with Gasteiger partial charge in [-0.05, 0) is 44.0 Å². The molecule has 0 radical (unpaired) electrons. The van der Waals surface area contributed by atoms with E-state index < -0.39 is 0 Å². The summed E-state index contributed by atoms with van der Waals surface area (Å²) >= 11 is 0. The molecule has 0 aliphatic heterocycles. The summed E-state index contributed by atoms with van der Waals surface area (Å²) in [6, 6.07) is 10.6. The molecule has 0 saturated heterocycles. The van der Waals surface area contributed by atoms with E-state index in [2.05, 4.69) is 34.2 Å². The lowest BCUT2D eigenvalue weighted by Gasteiger charge is -2.15. The van der Waals surface area contributed by atoms with E-state index in [0.29, 0.717) is 12.6 Å². The first-order valence-corrected chi connectivity index (χ1v) is 11.2. The van der Waals surface area contributed by atoms with Crippen LogP contribution in [0.15, 0.2) is 42.9 Å². The van der Waals surface area contributed by atoms with Crippen LogP contribution >= 0.6 is 0 Å². The van der Waals surface area contributed by atoms with Crippen LogP contribution in [0.1, 0.15) is 60.3 Å². The molecule has 4 aromatic rings. The van der Waals surface area contributed by atoms with Crippen molar-refractivity contribution in [1.82, 2.24) is 34.9 Å². The lowest BCUT2D eigenvalue weighted by Crippen LogP contribution is -2.28. The number of fused-ring (bicyclic) bond motifs is 1. The molecule has 0 aliphatic rings. The second kappa shape index (κ2) is 9.83. The molecule has 7 heteroatoms. The van der Waals surface area contributed by atoms with E-state index in [0.717, 1.165) is 46.2 Å². The molecule has 0 bridgehead atoms. The Hall–Kier alpha value is -3.06. The minimum Gasteiger partial charge on any atom is -0.339 e. The van der Waals surface area contributed by atoms with Crippen molar-refractivity contribution in [1.29, 1.82) is 0 Å². The highest BCUT2D eigenvalue weighted by Crippen LogP contribution is 2.29. The molecule has 166 valence electrons. The number of hydrogen-bond donors (Lipinski definition) is 2. The number of aryl methyl sites for hydroxylation is 1. The molecule has 0 fully saturated rings. The minimum atomic E-state index is 0. The third kappa shape index (κ3) is 4.99. The summed E-state index contributed by atoms with van der Waals surface area (Å²) in [7, 11) is 0. The van der Waals surface area contributed by atoms with Gasteiger partial charge in [-0.15, -0.1) is 0 Å². The smallest absolute Gasteiger partial charge is 0.155 e. The Morgan fingerprint density at radius 3 is 2.84 bits per heavy atom. The molecule has 1 unspecified atom stereocenters. The lowest BCUT2D eigenvalue weighted by atomic mass is 10.1. The van der Waals surface area contributed by atoms with Crippen LogP contribution in [0.25, 0.3) is 28.3 Å². The summed E-state index contributed by atoms with van der Waals surface area (Å²) in [6.07, 6.45) is 9.65. The standard InChI is InChI=1S/C24H31N7.2H2/c1-4-6-7-10-19(5-2)25-14-21-29-23(18-12-13-22-26-16-27-31(22)15-18)24(30-21)20-11-8-9-17(3)28-20;;/h8-9,11-13,15-16,19,25H,4-7,10,14H2,1-3H3,(H,29,30);2*1H. The fourth-order valence-corrected chi connectivity index (χ4v) is 3.87. The van der Waals surface area contributed by atoms with Crippen LogP contribution in [-0.2, 0) is 6.54 Å². The first-order valence-electron chi connectivity index (χ1n) is 11.2. The number of hydrogen-bond acceptors (Lipinski definition) is 5. The van der Waals surface area contributed by atoms with Crippen molar-refractivity contribution >= 4 is 5.65 Å². The van der Waals surface area contributed by atoms with E-state index in [4.69, 9.17) is 9.97 Å². The molecule has 2 N–H and O–H groups in total. The first-order chi connectivity index (χ1) is 15.2. The van der Waals surface area contributed by atoms with E-state index in [1.165, 1.54) is 25.7 Å². The second-order valence-electron chi connectivity index (χ2n) is 8.03. The number of rotatable bonds is 10. The Kier molecular flexibility index (Phi) is 6.72. The topological polar surface area (TPSA) is 83.8 Å². The van der Waals surface area contributed by atoms with Crippen molar-refractivity contribution in [3.8, 4) is 22.6 Å². The van der Waals surface area contributed by atoms with E-state index in [1.54, 1.807) is 10.8 Å². The molecule has 0 saturated carbocycles. The second-order valence-corrected chi connectivity index (χ2v) is 8.03. The van der Waals surface area contributed by atoms with Crippen LogP contribution in [0, 0.1) is 6.92 Å². The monoisotopic (exact) mass is 421 g/mol. The van der Waals surface area contributed by atoms with Crippen LogP contribution in [0.4, 0.5) is 0 Å². The summed E-state index contributed by atoms with van der Waals surface area (Å²) in [4.78, 5) is 17.5. The third-order valence-corrected chi connectivity index (χ3v) is 5.65. The summed E-state index contributed by atoms with van der Waals surface area (Å²) in [5.74, 6) is 0.918. The summed E-state index contributed by atoms with van der Waals surface area (Å²) in [5.41, 5.74) is 5.47. The Labute approximate surface area is 186 Å². The molecular weight excluding hydrogens is 386 g/mol. The number of aromatic amines is 1. The zero-order chi connectivity index (χ0) is 21.6. The summed E-state index contributed by atoms with van der Waals surface area (Å²) in [6.45, 7) is 7.20.